The molecule has 2 aromatic rings. The number of aliphatic carboxylic acids is 1. The minimum absolute atomic E-state index is 0.184. The molecule has 0 heterocycles. The Bertz CT molecular complexity index is 618. The molecule has 0 saturated heterocycles. The molecule has 0 saturated carbocycles. The van der Waals surface area contributed by atoms with Crippen LogP contribution in [0.2, 0.25) is 10.0 Å². The number of hydrogen-bond donors (Lipinski definition) is 1. The summed E-state index contributed by atoms with van der Waals surface area (Å²) in [5.41, 5.74) is 1.79. The minimum Gasteiger partial charge on any atom is -0.478 e. The van der Waals surface area contributed by atoms with Gasteiger partial charge >= 0.3 is 5.97 Å². The second kappa shape index (κ2) is 6.83. The Morgan fingerprint density at radius 2 is 1.71 bits per heavy atom. The third-order valence-corrected chi connectivity index (χ3v) is 3.35. The molecule has 3 nitrogen and oxygen atoms in total. The molecule has 0 aliphatic carbocycles. The van der Waals surface area contributed by atoms with Crippen LogP contribution in [0.15, 0.2) is 42.5 Å². The molecule has 0 amide bonds. The van der Waals surface area contributed by atoms with Gasteiger partial charge in [-0.05, 0) is 42.8 Å². The largest absolute Gasteiger partial charge is 0.478 e. The average Bonchev–Trinajstić information content (AvgIpc) is 2.39. The maximum atomic E-state index is 11.4. The Kier molecular flexibility index (Phi) is 5.10. The first-order valence-electron chi connectivity index (χ1n) is 6.35. The van der Waals surface area contributed by atoms with E-state index in [0.717, 1.165) is 5.56 Å². The maximum absolute atomic E-state index is 11.4. The molecule has 110 valence electrons. The first-order valence-corrected chi connectivity index (χ1v) is 7.11. The van der Waals surface area contributed by atoms with Crippen molar-refractivity contribution < 1.29 is 14.6 Å². The molecule has 2 rings (SSSR count). The first-order chi connectivity index (χ1) is 9.94. The predicted molar refractivity (Wildman–Crippen MR) is 83.4 cm³/mol. The van der Waals surface area contributed by atoms with Gasteiger partial charge in [0.2, 0.25) is 0 Å². The Morgan fingerprint density at radius 3 is 2.24 bits per heavy atom. The summed E-state index contributed by atoms with van der Waals surface area (Å²) in [5.74, 6) is -0.521. The van der Waals surface area contributed by atoms with E-state index in [0.29, 0.717) is 21.4 Å². The van der Waals surface area contributed by atoms with E-state index in [1.165, 1.54) is 0 Å². The van der Waals surface area contributed by atoms with Gasteiger partial charge < -0.3 is 9.84 Å². The van der Waals surface area contributed by atoms with Gasteiger partial charge in [-0.1, -0.05) is 40.9 Å². The molecule has 1 unspecified atom stereocenters. The highest BCUT2D eigenvalue weighted by Crippen LogP contribution is 2.21. The maximum Gasteiger partial charge on any atom is 0.345 e. The van der Waals surface area contributed by atoms with Crippen LogP contribution in [-0.2, 0) is 11.2 Å². The smallest absolute Gasteiger partial charge is 0.345 e. The van der Waals surface area contributed by atoms with Gasteiger partial charge in [0.1, 0.15) is 5.75 Å². The second-order valence-corrected chi connectivity index (χ2v) is 5.61. The van der Waals surface area contributed by atoms with Crippen molar-refractivity contribution in [2.75, 3.05) is 0 Å². The molecule has 0 aliphatic heterocycles. The number of benzene rings is 2. The molecular formula is C16H14Cl2O3. The van der Waals surface area contributed by atoms with Crippen LogP contribution in [-0.4, -0.2) is 17.2 Å². The zero-order valence-electron chi connectivity index (χ0n) is 11.3. The summed E-state index contributed by atoms with van der Waals surface area (Å²) in [6.07, 6.45) is -0.814. The molecule has 1 N–H and O–H groups in total. The lowest BCUT2D eigenvalue weighted by atomic mass is 10.1. The summed E-state index contributed by atoms with van der Waals surface area (Å²) in [7, 11) is 0. The number of rotatable bonds is 5. The van der Waals surface area contributed by atoms with E-state index in [2.05, 4.69) is 0 Å². The monoisotopic (exact) mass is 324 g/mol. The highest BCUT2D eigenvalue weighted by atomic mass is 35.5. The van der Waals surface area contributed by atoms with Gasteiger partial charge in [0.25, 0.3) is 0 Å². The van der Waals surface area contributed by atoms with E-state index in [9.17, 15) is 9.90 Å². The quantitative estimate of drug-likeness (QED) is 0.887. The van der Waals surface area contributed by atoms with Crippen molar-refractivity contribution in [3.05, 3.63) is 63.6 Å². The Hall–Kier alpha value is -1.71. The molecule has 0 spiro atoms. The van der Waals surface area contributed by atoms with Gasteiger partial charge in [-0.25, -0.2) is 4.79 Å². The molecule has 0 radical (unpaired) electrons. The molecule has 2 aromatic carbocycles. The lowest BCUT2D eigenvalue weighted by molar-refractivity contribution is -0.145. The standard InChI is InChI=1S/C16H14Cl2O3/c1-10-2-4-14(5-3-10)21-15(16(19)20)8-11-6-12(17)9-13(18)7-11/h2-7,9,15H,8H2,1H3,(H,19,20). The molecule has 0 bridgehead atoms. The van der Waals surface area contributed by atoms with Crippen LogP contribution in [0.25, 0.3) is 0 Å². The van der Waals surface area contributed by atoms with E-state index in [-0.39, 0.29) is 6.42 Å². The van der Waals surface area contributed by atoms with Crippen molar-refractivity contribution in [1.29, 1.82) is 0 Å². The topological polar surface area (TPSA) is 46.5 Å². The van der Waals surface area contributed by atoms with E-state index in [1.54, 1.807) is 30.3 Å². The highest BCUT2D eigenvalue weighted by Gasteiger charge is 2.20. The van der Waals surface area contributed by atoms with Crippen molar-refractivity contribution >= 4 is 29.2 Å². The predicted octanol–water partition coefficient (Wildman–Crippen LogP) is 4.38. The zero-order chi connectivity index (χ0) is 15.4. The van der Waals surface area contributed by atoms with Crippen LogP contribution in [0.3, 0.4) is 0 Å². The van der Waals surface area contributed by atoms with Gasteiger partial charge in [-0.3, -0.25) is 0 Å². The molecule has 0 aliphatic rings. The Morgan fingerprint density at radius 1 is 1.14 bits per heavy atom. The van der Waals surface area contributed by atoms with Crippen LogP contribution in [0.4, 0.5) is 0 Å². The molecule has 0 aromatic heterocycles. The molecule has 0 fully saturated rings. The molecule has 5 heteroatoms. The summed E-state index contributed by atoms with van der Waals surface area (Å²) >= 11 is 11.8. The van der Waals surface area contributed by atoms with Crippen LogP contribution >= 0.6 is 23.2 Å². The normalized spacial score (nSPS) is 12.0. The first kappa shape index (κ1) is 15.7. The number of carboxylic acids is 1. The lowest BCUT2D eigenvalue weighted by Crippen LogP contribution is -2.29. The van der Waals surface area contributed by atoms with Crippen LogP contribution < -0.4 is 4.74 Å². The van der Waals surface area contributed by atoms with E-state index in [1.807, 2.05) is 19.1 Å². The van der Waals surface area contributed by atoms with Gasteiger partial charge in [0.15, 0.2) is 6.10 Å². The lowest BCUT2D eigenvalue weighted by Gasteiger charge is -2.15. The second-order valence-electron chi connectivity index (χ2n) is 4.74. The van der Waals surface area contributed by atoms with Crippen molar-refractivity contribution in [1.82, 2.24) is 0 Å². The molecule has 1 atom stereocenters. The van der Waals surface area contributed by atoms with Gasteiger partial charge in [0.05, 0.1) is 0 Å². The summed E-state index contributed by atoms with van der Waals surface area (Å²) in [4.78, 5) is 11.4. The summed E-state index contributed by atoms with van der Waals surface area (Å²) < 4.78 is 5.53. The number of carboxylic acid groups (broad SMARTS) is 1. The third kappa shape index (κ3) is 4.66. The minimum atomic E-state index is -1.04. The van der Waals surface area contributed by atoms with Gasteiger partial charge in [-0.2, -0.15) is 0 Å². The average molecular weight is 325 g/mol. The van der Waals surface area contributed by atoms with Crippen molar-refractivity contribution in [2.24, 2.45) is 0 Å². The summed E-state index contributed by atoms with van der Waals surface area (Å²) in [5, 5.41) is 10.2. The number of halogens is 2. The van der Waals surface area contributed by atoms with Crippen LogP contribution in [0.5, 0.6) is 5.75 Å². The summed E-state index contributed by atoms with van der Waals surface area (Å²) in [6.45, 7) is 1.95. The fraction of sp³-hybridized carbons (Fsp3) is 0.188. The highest BCUT2D eigenvalue weighted by molar-refractivity contribution is 6.34. The zero-order valence-corrected chi connectivity index (χ0v) is 12.9. The molecular weight excluding hydrogens is 311 g/mol. The van der Waals surface area contributed by atoms with Crippen LogP contribution in [0, 0.1) is 6.92 Å². The number of hydrogen-bond acceptors (Lipinski definition) is 2. The van der Waals surface area contributed by atoms with Crippen molar-refractivity contribution in [3.63, 3.8) is 0 Å². The van der Waals surface area contributed by atoms with E-state index < -0.39 is 12.1 Å². The van der Waals surface area contributed by atoms with Crippen molar-refractivity contribution in [3.8, 4) is 5.75 Å². The third-order valence-electron chi connectivity index (χ3n) is 2.92. The SMILES string of the molecule is Cc1ccc(OC(Cc2cc(Cl)cc(Cl)c2)C(=O)O)cc1. The molecule has 21 heavy (non-hydrogen) atoms. The van der Waals surface area contributed by atoms with Crippen molar-refractivity contribution in [2.45, 2.75) is 19.4 Å². The Balaban J connectivity index is 2.15. The fourth-order valence-corrected chi connectivity index (χ4v) is 2.47. The summed E-state index contributed by atoms with van der Waals surface area (Å²) in [6, 6.07) is 12.2. The fourth-order valence-electron chi connectivity index (χ4n) is 1.90. The van der Waals surface area contributed by atoms with E-state index >= 15 is 0 Å². The number of ether oxygens (including phenoxy) is 1. The van der Waals surface area contributed by atoms with Crippen LogP contribution in [0.1, 0.15) is 11.1 Å². The van der Waals surface area contributed by atoms with Gasteiger partial charge in [0, 0.05) is 16.5 Å². The number of carbonyl (C=O) groups is 1. The van der Waals surface area contributed by atoms with Gasteiger partial charge in [-0.15, -0.1) is 0 Å². The Labute approximate surface area is 133 Å². The number of aryl methyl sites for hydroxylation is 1. The van der Waals surface area contributed by atoms with E-state index in [4.69, 9.17) is 27.9 Å².